The van der Waals surface area contributed by atoms with E-state index in [9.17, 15) is 13.5 Å². The number of aromatic nitrogens is 5. The van der Waals surface area contributed by atoms with Crippen LogP contribution >= 0.6 is 0 Å². The quantitative estimate of drug-likeness (QED) is 0.666. The first-order valence-corrected chi connectivity index (χ1v) is 9.11. The number of nitrogens with one attached hydrogen (secondary N) is 1. The van der Waals surface area contributed by atoms with Gasteiger partial charge in [-0.05, 0) is 37.0 Å². The number of aliphatic hydroxyl groups excluding tert-OH is 1. The van der Waals surface area contributed by atoms with Gasteiger partial charge in [-0.1, -0.05) is 0 Å². The van der Waals surface area contributed by atoms with E-state index in [0.717, 1.165) is 12.8 Å². The highest BCUT2D eigenvalue weighted by atomic mass is 32.2. The fourth-order valence-electron chi connectivity index (χ4n) is 3.01. The second-order valence-electron chi connectivity index (χ2n) is 5.86. The summed E-state index contributed by atoms with van der Waals surface area (Å²) in [6.07, 6.45) is 2.65. The summed E-state index contributed by atoms with van der Waals surface area (Å²) in [7, 11) is -4.04. The molecule has 1 aliphatic rings. The van der Waals surface area contributed by atoms with Crippen LogP contribution < -0.4 is 10.0 Å². The first-order chi connectivity index (χ1) is 11.4. The molecule has 0 bridgehead atoms. The molecule has 1 saturated heterocycles. The predicted octanol–water partition coefficient (Wildman–Crippen LogP) is -0.494. The van der Waals surface area contributed by atoms with Crippen molar-refractivity contribution in [1.29, 1.82) is 0 Å². The first-order valence-electron chi connectivity index (χ1n) is 7.56. The second kappa shape index (κ2) is 6.42. The molecule has 0 spiro atoms. The van der Waals surface area contributed by atoms with Gasteiger partial charge in [0, 0.05) is 19.3 Å². The minimum Gasteiger partial charge on any atom is -0.393 e. The number of nitrogens with zero attached hydrogens (tertiary/aromatic N) is 5. The van der Waals surface area contributed by atoms with E-state index in [1.165, 1.54) is 6.20 Å². The number of H-pyrrole nitrogens is 1. The lowest BCUT2D eigenvalue weighted by Crippen LogP contribution is -2.37. The van der Waals surface area contributed by atoms with Crippen molar-refractivity contribution in [3.05, 3.63) is 12.3 Å². The van der Waals surface area contributed by atoms with Crippen LogP contribution in [-0.4, -0.2) is 58.3 Å². The topological polar surface area (TPSA) is 151 Å². The maximum atomic E-state index is 11.9. The van der Waals surface area contributed by atoms with Crippen molar-refractivity contribution in [3.63, 3.8) is 0 Å². The van der Waals surface area contributed by atoms with Gasteiger partial charge in [-0.25, -0.2) is 18.5 Å². The number of hydrogen-bond acceptors (Lipinski definition) is 8. The fraction of sp³-hybridized carbons (Fsp3) is 0.538. The number of nitrogens with two attached hydrogens (primary N) is 1. The van der Waals surface area contributed by atoms with Gasteiger partial charge in [-0.15, -0.1) is 10.2 Å². The van der Waals surface area contributed by atoms with E-state index < -0.39 is 10.0 Å². The standard InChI is InChI=1S/C13H19N7O3S/c1-8(21)9-3-6-20(7-4-9)10-2-5-15-13(24(14,22)23)11(10)12-16-18-19-17-12/h2,5,8-9,21H,3-4,6-7H2,1H3,(H2,14,22,23)(H,16,17,18,19). The van der Waals surface area contributed by atoms with E-state index >= 15 is 0 Å². The van der Waals surface area contributed by atoms with Gasteiger partial charge in [-0.2, -0.15) is 5.21 Å². The molecule has 0 aliphatic carbocycles. The minimum absolute atomic E-state index is 0.125. The molecule has 1 unspecified atom stereocenters. The van der Waals surface area contributed by atoms with E-state index in [1.807, 2.05) is 4.90 Å². The molecule has 130 valence electrons. The number of sulfonamides is 1. The SMILES string of the molecule is CC(O)C1CCN(c2ccnc(S(N)(=O)=O)c2-c2nn[nH]n2)CC1. The van der Waals surface area contributed by atoms with Crippen LogP contribution in [0.15, 0.2) is 17.3 Å². The highest BCUT2D eigenvalue weighted by Gasteiger charge is 2.29. The average molecular weight is 353 g/mol. The molecule has 2 aromatic rings. The molecule has 1 aliphatic heterocycles. The number of rotatable bonds is 4. The number of pyridine rings is 1. The molecule has 1 atom stereocenters. The molecule has 3 heterocycles. The number of tetrazole rings is 1. The Hall–Kier alpha value is -2.11. The van der Waals surface area contributed by atoms with Crippen LogP contribution in [0.2, 0.25) is 0 Å². The van der Waals surface area contributed by atoms with Crippen molar-refractivity contribution in [2.24, 2.45) is 11.1 Å². The second-order valence-corrected chi connectivity index (χ2v) is 7.33. The molecular formula is C13H19N7O3S. The Morgan fingerprint density at radius 2 is 2.12 bits per heavy atom. The molecule has 24 heavy (non-hydrogen) atoms. The Kier molecular flexibility index (Phi) is 4.47. The summed E-state index contributed by atoms with van der Waals surface area (Å²) >= 11 is 0. The summed E-state index contributed by atoms with van der Waals surface area (Å²) in [6, 6.07) is 1.71. The van der Waals surface area contributed by atoms with Gasteiger partial charge in [0.25, 0.3) is 10.0 Å². The zero-order valence-electron chi connectivity index (χ0n) is 13.1. The van der Waals surface area contributed by atoms with E-state index in [2.05, 4.69) is 25.6 Å². The van der Waals surface area contributed by atoms with Crippen molar-refractivity contribution in [2.45, 2.75) is 30.9 Å². The number of anilines is 1. The minimum atomic E-state index is -4.04. The third-order valence-corrected chi connectivity index (χ3v) is 5.14. The summed E-state index contributed by atoms with van der Waals surface area (Å²) in [5.41, 5.74) is 0.878. The van der Waals surface area contributed by atoms with E-state index in [0.29, 0.717) is 18.8 Å². The Balaban J connectivity index is 2.03. The third kappa shape index (κ3) is 3.23. The lowest BCUT2D eigenvalue weighted by Gasteiger charge is -2.35. The summed E-state index contributed by atoms with van der Waals surface area (Å²) < 4.78 is 23.8. The van der Waals surface area contributed by atoms with Crippen molar-refractivity contribution < 1.29 is 13.5 Å². The monoisotopic (exact) mass is 353 g/mol. The molecular weight excluding hydrogens is 334 g/mol. The van der Waals surface area contributed by atoms with Gasteiger partial charge in [0.05, 0.1) is 17.4 Å². The third-order valence-electron chi connectivity index (χ3n) is 4.30. The number of hydrogen-bond donors (Lipinski definition) is 3. The van der Waals surface area contributed by atoms with Crippen molar-refractivity contribution in [1.82, 2.24) is 25.6 Å². The maximum absolute atomic E-state index is 11.9. The zero-order valence-corrected chi connectivity index (χ0v) is 13.9. The normalized spacial score (nSPS) is 17.9. The van der Waals surface area contributed by atoms with Crippen LogP contribution in [0.25, 0.3) is 11.4 Å². The molecule has 3 rings (SSSR count). The number of aliphatic hydroxyl groups is 1. The van der Waals surface area contributed by atoms with Gasteiger partial charge in [0.2, 0.25) is 5.82 Å². The van der Waals surface area contributed by atoms with Crippen molar-refractivity contribution in [3.8, 4) is 11.4 Å². The van der Waals surface area contributed by atoms with Gasteiger partial charge in [0.1, 0.15) is 0 Å². The van der Waals surface area contributed by atoms with Gasteiger partial charge >= 0.3 is 0 Å². The summed E-state index contributed by atoms with van der Waals surface area (Å²) in [6.45, 7) is 3.14. The highest BCUT2D eigenvalue weighted by molar-refractivity contribution is 7.89. The maximum Gasteiger partial charge on any atom is 0.256 e. The number of primary sulfonamides is 1. The summed E-state index contributed by atoms with van der Waals surface area (Å²) in [5, 5.41) is 28.3. The van der Waals surface area contributed by atoms with Gasteiger partial charge < -0.3 is 10.0 Å². The van der Waals surface area contributed by atoms with E-state index in [1.54, 1.807) is 13.0 Å². The first kappa shape index (κ1) is 16.7. The molecule has 0 saturated carbocycles. The molecule has 2 aromatic heterocycles. The number of aromatic amines is 1. The lowest BCUT2D eigenvalue weighted by atomic mass is 9.92. The summed E-state index contributed by atoms with van der Waals surface area (Å²) in [5.74, 6) is 0.356. The Bertz CT molecular complexity index is 799. The van der Waals surface area contributed by atoms with Crippen LogP contribution in [0.4, 0.5) is 5.69 Å². The van der Waals surface area contributed by atoms with E-state index in [-0.39, 0.29) is 28.4 Å². The molecule has 0 radical (unpaired) electrons. The van der Waals surface area contributed by atoms with Crippen LogP contribution in [-0.2, 0) is 10.0 Å². The molecule has 0 aromatic carbocycles. The van der Waals surface area contributed by atoms with Gasteiger partial charge in [0.15, 0.2) is 5.03 Å². The van der Waals surface area contributed by atoms with Gasteiger partial charge in [-0.3, -0.25) is 0 Å². The molecule has 11 heteroatoms. The Morgan fingerprint density at radius 1 is 1.42 bits per heavy atom. The Labute approximate surface area is 139 Å². The van der Waals surface area contributed by atoms with Crippen molar-refractivity contribution >= 4 is 15.7 Å². The van der Waals surface area contributed by atoms with Crippen LogP contribution in [0, 0.1) is 5.92 Å². The summed E-state index contributed by atoms with van der Waals surface area (Å²) in [4.78, 5) is 5.93. The smallest absolute Gasteiger partial charge is 0.256 e. The van der Waals surface area contributed by atoms with Crippen LogP contribution in [0.1, 0.15) is 19.8 Å². The van der Waals surface area contributed by atoms with Crippen LogP contribution in [0.3, 0.4) is 0 Å². The predicted molar refractivity (Wildman–Crippen MR) is 85.4 cm³/mol. The molecule has 0 amide bonds. The van der Waals surface area contributed by atoms with Crippen LogP contribution in [0.5, 0.6) is 0 Å². The highest BCUT2D eigenvalue weighted by Crippen LogP contribution is 2.35. The van der Waals surface area contributed by atoms with E-state index in [4.69, 9.17) is 5.14 Å². The van der Waals surface area contributed by atoms with Crippen molar-refractivity contribution in [2.75, 3.05) is 18.0 Å². The average Bonchev–Trinajstić information content (AvgIpc) is 3.07. The zero-order chi connectivity index (χ0) is 17.3. The molecule has 10 nitrogen and oxygen atoms in total. The molecule has 1 fully saturated rings. The lowest BCUT2D eigenvalue weighted by molar-refractivity contribution is 0.110. The Morgan fingerprint density at radius 3 is 2.67 bits per heavy atom. The number of piperidine rings is 1. The largest absolute Gasteiger partial charge is 0.393 e. The fourth-order valence-corrected chi connectivity index (χ4v) is 3.70. The molecule has 4 N–H and O–H groups in total.